The number of carbonyl (C=O) groups is 3. The number of amides is 4. The molecule has 4 amide bonds. The van der Waals surface area contributed by atoms with Gasteiger partial charge in [0.25, 0.3) is 11.8 Å². The van der Waals surface area contributed by atoms with E-state index in [0.29, 0.717) is 22.7 Å². The summed E-state index contributed by atoms with van der Waals surface area (Å²) in [6.07, 6.45) is 2.26. The van der Waals surface area contributed by atoms with Gasteiger partial charge in [0.1, 0.15) is 23.7 Å². The van der Waals surface area contributed by atoms with Gasteiger partial charge in [-0.1, -0.05) is 48.9 Å². The molecular formula is C28H26N2O5. The topological polar surface area (TPSA) is 84.9 Å². The SMILES string of the molecule is CCc1ccc(N2C(=O)NC(=O)/C(=C\c3ccc(OC)cc3OCc3ccc(C)cc3)C2=O)cc1. The summed E-state index contributed by atoms with van der Waals surface area (Å²) in [6.45, 7) is 4.31. The molecule has 4 rings (SSSR count). The van der Waals surface area contributed by atoms with E-state index in [4.69, 9.17) is 9.47 Å². The number of barbiturate groups is 1. The molecule has 0 bridgehead atoms. The van der Waals surface area contributed by atoms with Crippen LogP contribution in [0.5, 0.6) is 11.5 Å². The zero-order chi connectivity index (χ0) is 24.9. The van der Waals surface area contributed by atoms with E-state index in [2.05, 4.69) is 5.32 Å². The van der Waals surface area contributed by atoms with E-state index in [-0.39, 0.29) is 12.2 Å². The molecule has 0 aliphatic carbocycles. The molecule has 3 aromatic carbocycles. The van der Waals surface area contributed by atoms with Crippen LogP contribution >= 0.6 is 0 Å². The third-order valence-corrected chi connectivity index (χ3v) is 5.74. The van der Waals surface area contributed by atoms with E-state index in [0.717, 1.165) is 28.0 Å². The van der Waals surface area contributed by atoms with Crippen molar-refractivity contribution in [2.24, 2.45) is 0 Å². The lowest BCUT2D eigenvalue weighted by Crippen LogP contribution is -2.54. The van der Waals surface area contributed by atoms with Gasteiger partial charge in [0.15, 0.2) is 0 Å². The number of hydrogen-bond acceptors (Lipinski definition) is 5. The first kappa shape index (κ1) is 23.8. The van der Waals surface area contributed by atoms with Crippen LogP contribution in [-0.2, 0) is 22.6 Å². The quantitative estimate of drug-likeness (QED) is 0.396. The van der Waals surface area contributed by atoms with Crippen LogP contribution in [0.15, 0.2) is 72.3 Å². The summed E-state index contributed by atoms with van der Waals surface area (Å²) in [6, 6.07) is 19.3. The molecule has 1 saturated heterocycles. The number of anilines is 1. The molecule has 1 heterocycles. The average molecular weight is 471 g/mol. The Morgan fingerprint density at radius 2 is 1.60 bits per heavy atom. The molecule has 0 radical (unpaired) electrons. The predicted molar refractivity (Wildman–Crippen MR) is 133 cm³/mol. The molecule has 1 aliphatic rings. The number of ether oxygens (including phenoxy) is 2. The maximum atomic E-state index is 13.3. The second-order valence-corrected chi connectivity index (χ2v) is 8.16. The number of rotatable bonds is 7. The summed E-state index contributed by atoms with van der Waals surface area (Å²) in [5.74, 6) is -0.461. The lowest BCUT2D eigenvalue weighted by atomic mass is 10.1. The van der Waals surface area contributed by atoms with E-state index in [1.54, 1.807) is 37.4 Å². The first-order chi connectivity index (χ1) is 16.9. The Labute approximate surface area is 204 Å². The molecule has 178 valence electrons. The smallest absolute Gasteiger partial charge is 0.335 e. The summed E-state index contributed by atoms with van der Waals surface area (Å²) in [5.41, 5.74) is 3.90. The predicted octanol–water partition coefficient (Wildman–Crippen LogP) is 4.81. The number of hydrogen-bond donors (Lipinski definition) is 1. The zero-order valence-corrected chi connectivity index (χ0v) is 19.8. The highest BCUT2D eigenvalue weighted by Crippen LogP contribution is 2.29. The Balaban J connectivity index is 1.66. The molecule has 0 aromatic heterocycles. The Hall–Kier alpha value is -4.39. The fourth-order valence-corrected chi connectivity index (χ4v) is 3.66. The van der Waals surface area contributed by atoms with Gasteiger partial charge < -0.3 is 9.47 Å². The van der Waals surface area contributed by atoms with Crippen molar-refractivity contribution in [1.82, 2.24) is 5.32 Å². The van der Waals surface area contributed by atoms with Crippen molar-refractivity contribution in [2.75, 3.05) is 12.0 Å². The number of nitrogens with one attached hydrogen (secondary N) is 1. The van der Waals surface area contributed by atoms with Crippen LogP contribution in [0, 0.1) is 6.92 Å². The Morgan fingerprint density at radius 1 is 0.914 bits per heavy atom. The number of methoxy groups -OCH3 is 1. The maximum absolute atomic E-state index is 13.3. The molecule has 0 spiro atoms. The van der Waals surface area contributed by atoms with Gasteiger partial charge in [-0.05, 0) is 54.8 Å². The van der Waals surface area contributed by atoms with Gasteiger partial charge in [0, 0.05) is 11.6 Å². The summed E-state index contributed by atoms with van der Waals surface area (Å²) in [5, 5.41) is 2.26. The minimum Gasteiger partial charge on any atom is -0.497 e. The third-order valence-electron chi connectivity index (χ3n) is 5.74. The number of carbonyl (C=O) groups excluding carboxylic acids is 3. The van der Waals surface area contributed by atoms with Gasteiger partial charge >= 0.3 is 6.03 Å². The minimum atomic E-state index is -0.785. The third kappa shape index (κ3) is 5.24. The number of aryl methyl sites for hydroxylation is 2. The van der Waals surface area contributed by atoms with Gasteiger partial charge in [0.2, 0.25) is 0 Å². The molecule has 3 aromatic rings. The van der Waals surface area contributed by atoms with Crippen LogP contribution in [0.1, 0.15) is 29.2 Å². The van der Waals surface area contributed by atoms with Crippen LogP contribution < -0.4 is 19.7 Å². The van der Waals surface area contributed by atoms with Crippen molar-refractivity contribution in [3.05, 3.63) is 94.6 Å². The molecule has 0 atom stereocenters. The highest BCUT2D eigenvalue weighted by Gasteiger charge is 2.37. The number of imide groups is 2. The van der Waals surface area contributed by atoms with Crippen LogP contribution in [0.4, 0.5) is 10.5 Å². The molecule has 35 heavy (non-hydrogen) atoms. The summed E-state index contributed by atoms with van der Waals surface area (Å²) in [7, 11) is 1.54. The second-order valence-electron chi connectivity index (χ2n) is 8.16. The fourth-order valence-electron chi connectivity index (χ4n) is 3.66. The van der Waals surface area contributed by atoms with Gasteiger partial charge in [0.05, 0.1) is 12.8 Å². The zero-order valence-electron chi connectivity index (χ0n) is 19.8. The lowest BCUT2D eigenvalue weighted by Gasteiger charge is -2.26. The van der Waals surface area contributed by atoms with E-state index in [1.807, 2.05) is 50.2 Å². The standard InChI is InChI=1S/C28H26N2O5/c1-4-19-9-12-22(13-10-19)30-27(32)24(26(31)29-28(30)33)15-21-11-14-23(34-3)16-25(21)35-17-20-7-5-18(2)6-8-20/h5-16H,4,17H2,1-3H3,(H,29,31,33)/b24-15+. The molecular weight excluding hydrogens is 444 g/mol. The summed E-state index contributed by atoms with van der Waals surface area (Å²) < 4.78 is 11.3. The van der Waals surface area contributed by atoms with Crippen LogP contribution in [0.3, 0.4) is 0 Å². The molecule has 1 aliphatic heterocycles. The maximum Gasteiger partial charge on any atom is 0.335 e. The molecule has 0 saturated carbocycles. The van der Waals surface area contributed by atoms with Crippen LogP contribution in [-0.4, -0.2) is 25.0 Å². The van der Waals surface area contributed by atoms with E-state index >= 15 is 0 Å². The van der Waals surface area contributed by atoms with E-state index in [1.165, 1.54) is 6.08 Å². The molecule has 0 unspecified atom stereocenters. The van der Waals surface area contributed by atoms with Crippen molar-refractivity contribution in [3.8, 4) is 11.5 Å². The van der Waals surface area contributed by atoms with Crippen molar-refractivity contribution in [1.29, 1.82) is 0 Å². The molecule has 1 fully saturated rings. The Bertz CT molecular complexity index is 1290. The second kappa shape index (κ2) is 10.3. The largest absolute Gasteiger partial charge is 0.497 e. The van der Waals surface area contributed by atoms with Crippen LogP contribution in [0.2, 0.25) is 0 Å². The fraction of sp³-hybridized carbons (Fsp3) is 0.179. The van der Waals surface area contributed by atoms with E-state index < -0.39 is 17.8 Å². The Kier molecular flexibility index (Phi) is 6.96. The Morgan fingerprint density at radius 3 is 2.26 bits per heavy atom. The normalized spacial score (nSPS) is 14.8. The summed E-state index contributed by atoms with van der Waals surface area (Å²) in [4.78, 5) is 39.4. The highest BCUT2D eigenvalue weighted by atomic mass is 16.5. The van der Waals surface area contributed by atoms with Crippen molar-refractivity contribution in [3.63, 3.8) is 0 Å². The number of benzene rings is 3. The van der Waals surface area contributed by atoms with Crippen LogP contribution in [0.25, 0.3) is 6.08 Å². The monoisotopic (exact) mass is 470 g/mol. The number of urea groups is 1. The first-order valence-electron chi connectivity index (χ1n) is 11.3. The number of nitrogens with zero attached hydrogens (tertiary/aromatic N) is 1. The van der Waals surface area contributed by atoms with Crippen molar-refractivity contribution in [2.45, 2.75) is 26.9 Å². The van der Waals surface area contributed by atoms with Crippen molar-refractivity contribution < 1.29 is 23.9 Å². The van der Waals surface area contributed by atoms with Crippen molar-refractivity contribution >= 4 is 29.6 Å². The molecule has 7 heteroatoms. The molecule has 7 nitrogen and oxygen atoms in total. The van der Waals surface area contributed by atoms with E-state index in [9.17, 15) is 14.4 Å². The highest BCUT2D eigenvalue weighted by molar-refractivity contribution is 6.39. The molecule has 1 N–H and O–H groups in total. The first-order valence-corrected chi connectivity index (χ1v) is 11.3. The van der Waals surface area contributed by atoms with Gasteiger partial charge in [-0.15, -0.1) is 0 Å². The minimum absolute atomic E-state index is 0.172. The average Bonchev–Trinajstić information content (AvgIpc) is 2.87. The lowest BCUT2D eigenvalue weighted by molar-refractivity contribution is -0.122. The van der Waals surface area contributed by atoms with Gasteiger partial charge in [-0.2, -0.15) is 0 Å². The summed E-state index contributed by atoms with van der Waals surface area (Å²) >= 11 is 0. The van der Waals surface area contributed by atoms with Gasteiger partial charge in [-0.3, -0.25) is 14.9 Å². The van der Waals surface area contributed by atoms with Gasteiger partial charge in [-0.25, -0.2) is 9.69 Å².